The number of aryl methyl sites for hydroxylation is 1. The zero-order valence-electron chi connectivity index (χ0n) is 17.6. The Hall–Kier alpha value is -3.02. The number of carbonyl (C=O) groups excluding carboxylic acids is 2. The number of anilines is 1. The number of hydrogen-bond donors (Lipinski definition) is 1. The van der Waals surface area contributed by atoms with Crippen molar-refractivity contribution in [1.29, 1.82) is 0 Å². The first-order valence-corrected chi connectivity index (χ1v) is 10.6. The van der Waals surface area contributed by atoms with Crippen LogP contribution in [0.25, 0.3) is 0 Å². The molecule has 1 fully saturated rings. The number of amides is 2. The van der Waals surface area contributed by atoms with Crippen LogP contribution in [0.15, 0.2) is 36.4 Å². The molecular formula is C24H28N2O4. The number of hydrogen-bond acceptors (Lipinski definition) is 4. The molecule has 4 rings (SSSR count). The van der Waals surface area contributed by atoms with Gasteiger partial charge in [-0.2, -0.15) is 0 Å². The molecule has 0 saturated carbocycles. The van der Waals surface area contributed by atoms with E-state index < -0.39 is 0 Å². The lowest BCUT2D eigenvalue weighted by Crippen LogP contribution is -2.33. The van der Waals surface area contributed by atoms with Crippen molar-refractivity contribution in [2.45, 2.75) is 33.1 Å². The molecule has 2 amide bonds. The Morgan fingerprint density at radius 3 is 2.70 bits per heavy atom. The fraction of sp³-hybridized carbons (Fsp3) is 0.417. The van der Waals surface area contributed by atoms with Gasteiger partial charge in [-0.25, -0.2) is 0 Å². The third-order valence-electron chi connectivity index (χ3n) is 5.74. The highest BCUT2D eigenvalue weighted by Crippen LogP contribution is 2.31. The van der Waals surface area contributed by atoms with Gasteiger partial charge in [0.2, 0.25) is 5.91 Å². The second kappa shape index (κ2) is 8.78. The van der Waals surface area contributed by atoms with Gasteiger partial charge in [-0.1, -0.05) is 0 Å². The topological polar surface area (TPSA) is 67.9 Å². The van der Waals surface area contributed by atoms with Crippen molar-refractivity contribution < 1.29 is 19.1 Å². The number of benzene rings is 2. The normalized spacial score (nSPS) is 17.8. The molecule has 1 N–H and O–H groups in total. The van der Waals surface area contributed by atoms with E-state index in [2.05, 4.69) is 5.32 Å². The van der Waals surface area contributed by atoms with Gasteiger partial charge in [0.25, 0.3) is 5.91 Å². The molecule has 2 heterocycles. The quantitative estimate of drug-likeness (QED) is 0.817. The number of likely N-dealkylation sites (tertiary alicyclic amines) is 1. The fourth-order valence-corrected chi connectivity index (χ4v) is 4.07. The van der Waals surface area contributed by atoms with E-state index in [1.165, 1.54) is 0 Å². The molecule has 1 saturated heterocycles. The summed E-state index contributed by atoms with van der Waals surface area (Å²) >= 11 is 0. The summed E-state index contributed by atoms with van der Waals surface area (Å²) in [5.74, 6) is 1.30. The van der Waals surface area contributed by atoms with Gasteiger partial charge in [0.1, 0.15) is 18.1 Å². The molecule has 0 spiro atoms. The van der Waals surface area contributed by atoms with Crippen LogP contribution in [-0.2, 0) is 11.2 Å². The fourth-order valence-electron chi connectivity index (χ4n) is 4.07. The summed E-state index contributed by atoms with van der Waals surface area (Å²) in [6.07, 6.45) is 2.74. The Labute approximate surface area is 177 Å². The van der Waals surface area contributed by atoms with Crippen LogP contribution in [-0.4, -0.2) is 43.0 Å². The van der Waals surface area contributed by atoms with Crippen LogP contribution < -0.4 is 14.8 Å². The summed E-state index contributed by atoms with van der Waals surface area (Å²) in [7, 11) is 0. The summed E-state index contributed by atoms with van der Waals surface area (Å²) in [5, 5.41) is 3.01. The van der Waals surface area contributed by atoms with Gasteiger partial charge in [0.05, 0.1) is 12.5 Å². The predicted molar refractivity (Wildman–Crippen MR) is 115 cm³/mol. The summed E-state index contributed by atoms with van der Waals surface area (Å²) in [6, 6.07) is 11.2. The lowest BCUT2D eigenvalue weighted by Gasteiger charge is -2.25. The molecule has 0 aromatic heterocycles. The monoisotopic (exact) mass is 408 g/mol. The molecule has 0 radical (unpaired) electrons. The minimum Gasteiger partial charge on any atom is -0.494 e. The minimum absolute atomic E-state index is 0.0656. The van der Waals surface area contributed by atoms with Crippen LogP contribution >= 0.6 is 0 Å². The van der Waals surface area contributed by atoms with Gasteiger partial charge in [0, 0.05) is 24.3 Å². The molecule has 1 atom stereocenters. The zero-order chi connectivity index (χ0) is 21.1. The van der Waals surface area contributed by atoms with Crippen molar-refractivity contribution in [2.24, 2.45) is 5.92 Å². The first-order valence-electron chi connectivity index (χ1n) is 10.6. The van der Waals surface area contributed by atoms with Crippen molar-refractivity contribution in [3.05, 3.63) is 53.1 Å². The van der Waals surface area contributed by atoms with Crippen molar-refractivity contribution in [2.75, 3.05) is 31.6 Å². The Morgan fingerprint density at radius 2 is 1.97 bits per heavy atom. The number of ether oxygens (including phenoxy) is 2. The maximum absolute atomic E-state index is 12.9. The molecule has 2 aliphatic rings. The van der Waals surface area contributed by atoms with Gasteiger partial charge < -0.3 is 19.7 Å². The second-order valence-corrected chi connectivity index (χ2v) is 7.93. The standard InChI is InChI=1S/C24H28N2O4/c1-3-29-20-7-9-22-18(14-20)13-19(15-30-22)23(27)25-21-8-6-17(12-16(21)2)24(28)26-10-4-5-11-26/h6-9,12,14,19H,3-5,10-11,13,15H2,1-2H3,(H,25,27). The molecule has 0 bridgehead atoms. The van der Waals surface area contributed by atoms with Gasteiger partial charge in [-0.05, 0) is 80.6 Å². The second-order valence-electron chi connectivity index (χ2n) is 7.93. The third kappa shape index (κ3) is 4.27. The lowest BCUT2D eigenvalue weighted by atomic mass is 9.95. The van der Waals surface area contributed by atoms with Gasteiger partial charge in [-0.15, -0.1) is 0 Å². The van der Waals surface area contributed by atoms with E-state index in [4.69, 9.17) is 9.47 Å². The van der Waals surface area contributed by atoms with E-state index >= 15 is 0 Å². The zero-order valence-corrected chi connectivity index (χ0v) is 17.6. The molecule has 0 aliphatic carbocycles. The van der Waals surface area contributed by atoms with E-state index in [1.807, 2.05) is 49.1 Å². The molecule has 30 heavy (non-hydrogen) atoms. The van der Waals surface area contributed by atoms with E-state index in [0.717, 1.165) is 54.2 Å². The van der Waals surface area contributed by atoms with Crippen LogP contribution in [0, 0.1) is 12.8 Å². The largest absolute Gasteiger partial charge is 0.494 e. The third-order valence-corrected chi connectivity index (χ3v) is 5.74. The van der Waals surface area contributed by atoms with Gasteiger partial charge in [-0.3, -0.25) is 9.59 Å². The average Bonchev–Trinajstić information content (AvgIpc) is 3.29. The number of rotatable bonds is 5. The van der Waals surface area contributed by atoms with E-state index in [1.54, 1.807) is 6.07 Å². The highest BCUT2D eigenvalue weighted by Gasteiger charge is 2.27. The summed E-state index contributed by atoms with van der Waals surface area (Å²) < 4.78 is 11.4. The maximum Gasteiger partial charge on any atom is 0.253 e. The highest BCUT2D eigenvalue weighted by molar-refractivity contribution is 5.97. The maximum atomic E-state index is 12.9. The lowest BCUT2D eigenvalue weighted by molar-refractivity contribution is -0.121. The summed E-state index contributed by atoms with van der Waals surface area (Å²) in [6.45, 7) is 6.45. The molecule has 158 valence electrons. The van der Waals surface area contributed by atoms with Crippen LogP contribution in [0.2, 0.25) is 0 Å². The molecule has 2 aromatic carbocycles. The Kier molecular flexibility index (Phi) is 5.93. The van der Waals surface area contributed by atoms with Crippen molar-refractivity contribution in [3.8, 4) is 11.5 Å². The van der Waals surface area contributed by atoms with E-state index in [-0.39, 0.29) is 17.7 Å². The minimum atomic E-state index is -0.278. The van der Waals surface area contributed by atoms with Crippen LogP contribution in [0.1, 0.15) is 41.3 Å². The van der Waals surface area contributed by atoms with E-state index in [9.17, 15) is 9.59 Å². The van der Waals surface area contributed by atoms with Gasteiger partial charge >= 0.3 is 0 Å². The van der Waals surface area contributed by atoms with E-state index in [0.29, 0.717) is 25.2 Å². The number of carbonyl (C=O) groups is 2. The van der Waals surface area contributed by atoms with Crippen LogP contribution in [0.3, 0.4) is 0 Å². The van der Waals surface area contributed by atoms with Crippen LogP contribution in [0.4, 0.5) is 5.69 Å². The highest BCUT2D eigenvalue weighted by atomic mass is 16.5. The smallest absolute Gasteiger partial charge is 0.253 e. The summed E-state index contributed by atoms with van der Waals surface area (Å²) in [5.41, 5.74) is 3.26. The Bertz CT molecular complexity index is 950. The van der Waals surface area contributed by atoms with Crippen LogP contribution in [0.5, 0.6) is 11.5 Å². The number of fused-ring (bicyclic) bond motifs is 1. The molecule has 6 nitrogen and oxygen atoms in total. The molecular weight excluding hydrogens is 380 g/mol. The molecule has 2 aromatic rings. The first kappa shape index (κ1) is 20.3. The van der Waals surface area contributed by atoms with Gasteiger partial charge in [0.15, 0.2) is 0 Å². The van der Waals surface area contributed by atoms with Crippen molar-refractivity contribution in [1.82, 2.24) is 4.90 Å². The molecule has 1 unspecified atom stereocenters. The Balaban J connectivity index is 1.42. The number of nitrogens with one attached hydrogen (secondary N) is 1. The SMILES string of the molecule is CCOc1ccc2c(c1)CC(C(=O)Nc1ccc(C(=O)N3CCCC3)cc1C)CO2. The first-order chi connectivity index (χ1) is 14.5. The Morgan fingerprint density at radius 1 is 1.17 bits per heavy atom. The average molecular weight is 408 g/mol. The number of nitrogens with zero attached hydrogens (tertiary/aromatic N) is 1. The summed E-state index contributed by atoms with van der Waals surface area (Å²) in [4.78, 5) is 27.3. The van der Waals surface area contributed by atoms with Crippen molar-refractivity contribution >= 4 is 17.5 Å². The predicted octanol–water partition coefficient (Wildman–Crippen LogP) is 3.82. The molecule has 6 heteroatoms. The molecule has 2 aliphatic heterocycles. The van der Waals surface area contributed by atoms with Crippen molar-refractivity contribution in [3.63, 3.8) is 0 Å².